The van der Waals surface area contributed by atoms with Crippen molar-refractivity contribution in [3.8, 4) is 27.7 Å². The summed E-state index contributed by atoms with van der Waals surface area (Å²) in [6.45, 7) is 3.76. The highest BCUT2D eigenvalue weighted by atomic mass is 35.5. The van der Waals surface area contributed by atoms with Crippen LogP contribution in [-0.4, -0.2) is 30.2 Å². The lowest BCUT2D eigenvalue weighted by molar-refractivity contribution is 0.0599. The Labute approximate surface area is 156 Å². The zero-order valence-corrected chi connectivity index (χ0v) is 16.0. The van der Waals surface area contributed by atoms with Gasteiger partial charge in [0.1, 0.15) is 10.8 Å². The Kier molecular flexibility index (Phi) is 5.87. The lowest BCUT2D eigenvalue weighted by Gasteiger charge is -2.01. The average molecular weight is 379 g/mol. The van der Waals surface area contributed by atoms with E-state index >= 15 is 0 Å². The molecule has 2 heterocycles. The van der Waals surface area contributed by atoms with Crippen molar-refractivity contribution in [3.05, 3.63) is 46.5 Å². The van der Waals surface area contributed by atoms with Gasteiger partial charge in [-0.15, -0.1) is 23.7 Å². The van der Waals surface area contributed by atoms with Gasteiger partial charge in [-0.25, -0.2) is 9.78 Å². The number of hydrogen-bond donors (Lipinski definition) is 1. The van der Waals surface area contributed by atoms with E-state index in [1.807, 2.05) is 43.5 Å². The Bertz CT molecular complexity index is 902. The average Bonchev–Trinajstić information content (AvgIpc) is 3.19. The molecule has 1 aromatic carbocycles. The number of nitrogens with zero attached hydrogens (tertiary/aromatic N) is 1. The lowest BCUT2D eigenvalue weighted by atomic mass is 10.1. The van der Waals surface area contributed by atoms with E-state index in [2.05, 4.69) is 4.98 Å². The van der Waals surface area contributed by atoms with Crippen LogP contribution in [0.5, 0.6) is 5.75 Å². The van der Waals surface area contributed by atoms with Gasteiger partial charge in [-0.2, -0.15) is 0 Å². The number of thiazole rings is 1. The van der Waals surface area contributed by atoms with Crippen LogP contribution in [0.25, 0.3) is 22.0 Å². The molecule has 3 aromatic rings. The fraction of sp³-hybridized carbons (Fsp3) is 0.222. The zero-order chi connectivity index (χ0) is 17.3. The van der Waals surface area contributed by atoms with Crippen molar-refractivity contribution in [1.82, 2.24) is 9.97 Å². The lowest BCUT2D eigenvalue weighted by Crippen LogP contribution is -2.03. The van der Waals surface area contributed by atoms with E-state index in [9.17, 15) is 4.79 Å². The molecule has 5 nitrogen and oxygen atoms in total. The third-order valence-electron chi connectivity index (χ3n) is 3.90. The van der Waals surface area contributed by atoms with Crippen molar-refractivity contribution in [3.63, 3.8) is 0 Å². The quantitative estimate of drug-likeness (QED) is 0.672. The zero-order valence-electron chi connectivity index (χ0n) is 14.4. The second-order valence-electron chi connectivity index (χ2n) is 5.39. The molecule has 0 aliphatic rings. The minimum atomic E-state index is -0.337. The number of hydrogen-bond acceptors (Lipinski definition) is 5. The van der Waals surface area contributed by atoms with Crippen LogP contribution in [0.3, 0.4) is 0 Å². The van der Waals surface area contributed by atoms with Gasteiger partial charge in [0.05, 0.1) is 31.2 Å². The normalized spacial score (nSPS) is 10.2. The highest BCUT2D eigenvalue weighted by Gasteiger charge is 2.21. The Hall–Kier alpha value is -2.31. The van der Waals surface area contributed by atoms with Crippen molar-refractivity contribution >= 4 is 29.7 Å². The van der Waals surface area contributed by atoms with Gasteiger partial charge in [0.2, 0.25) is 0 Å². The van der Waals surface area contributed by atoms with E-state index < -0.39 is 0 Å². The molecular formula is C18H19ClN2O3S. The summed E-state index contributed by atoms with van der Waals surface area (Å²) in [6, 6.07) is 7.79. The number of ether oxygens (including phenoxy) is 2. The summed E-state index contributed by atoms with van der Waals surface area (Å²) < 4.78 is 10.1. The Morgan fingerprint density at radius 1 is 1.24 bits per heavy atom. The Morgan fingerprint density at radius 2 is 2.00 bits per heavy atom. The molecular weight excluding hydrogens is 360 g/mol. The maximum absolute atomic E-state index is 11.9. The molecule has 132 valence electrons. The van der Waals surface area contributed by atoms with Crippen LogP contribution in [0.1, 0.15) is 21.6 Å². The first-order chi connectivity index (χ1) is 11.5. The molecule has 0 radical (unpaired) electrons. The van der Waals surface area contributed by atoms with Crippen LogP contribution < -0.4 is 4.74 Å². The van der Waals surface area contributed by atoms with E-state index in [0.717, 1.165) is 39.0 Å². The summed E-state index contributed by atoms with van der Waals surface area (Å²) in [4.78, 5) is 19.9. The number of nitrogens with one attached hydrogen (secondary N) is 1. The number of aryl methyl sites for hydroxylation is 1. The summed E-state index contributed by atoms with van der Waals surface area (Å²) in [5, 5.41) is 2.88. The molecule has 7 heteroatoms. The number of rotatable bonds is 4. The standard InChI is InChI=1S/C18H18N2O3S.ClH/c1-10-15(18(21)23-4)11(2)19-16(10)14-9-24-17(20-14)12-6-5-7-13(8-12)22-3;/h5-9,19H,1-4H3;1H. The third kappa shape index (κ3) is 3.55. The van der Waals surface area contributed by atoms with Crippen LogP contribution in [-0.2, 0) is 4.74 Å². The largest absolute Gasteiger partial charge is 0.497 e. The fourth-order valence-corrected chi connectivity index (χ4v) is 3.50. The topological polar surface area (TPSA) is 64.2 Å². The second kappa shape index (κ2) is 7.72. The van der Waals surface area contributed by atoms with Crippen LogP contribution >= 0.6 is 23.7 Å². The predicted molar refractivity (Wildman–Crippen MR) is 102 cm³/mol. The van der Waals surface area contributed by atoms with Gasteiger partial charge in [0, 0.05) is 16.6 Å². The number of H-pyrrole nitrogens is 1. The molecule has 0 saturated heterocycles. The molecule has 0 amide bonds. The summed E-state index contributed by atoms with van der Waals surface area (Å²) in [5.74, 6) is 0.458. The van der Waals surface area contributed by atoms with Crippen LogP contribution in [0.15, 0.2) is 29.6 Å². The molecule has 25 heavy (non-hydrogen) atoms. The number of carbonyl (C=O) groups is 1. The predicted octanol–water partition coefficient (Wildman–Crippen LogP) is 4.64. The molecule has 0 aliphatic carbocycles. The summed E-state index contributed by atoms with van der Waals surface area (Å²) in [6.07, 6.45) is 0. The van der Waals surface area contributed by atoms with Crippen LogP contribution in [0, 0.1) is 13.8 Å². The number of aromatic nitrogens is 2. The monoisotopic (exact) mass is 378 g/mol. The number of esters is 1. The van der Waals surface area contributed by atoms with E-state index in [-0.39, 0.29) is 18.4 Å². The molecule has 0 saturated carbocycles. The van der Waals surface area contributed by atoms with Crippen molar-refractivity contribution in [1.29, 1.82) is 0 Å². The van der Waals surface area contributed by atoms with Crippen LogP contribution in [0.2, 0.25) is 0 Å². The molecule has 0 aliphatic heterocycles. The molecule has 0 atom stereocenters. The summed E-state index contributed by atoms with van der Waals surface area (Å²) in [5.41, 5.74) is 4.86. The summed E-state index contributed by atoms with van der Waals surface area (Å²) >= 11 is 1.55. The summed E-state index contributed by atoms with van der Waals surface area (Å²) in [7, 11) is 3.03. The molecule has 0 spiro atoms. The first-order valence-electron chi connectivity index (χ1n) is 7.43. The maximum Gasteiger partial charge on any atom is 0.339 e. The molecule has 2 aromatic heterocycles. The Balaban J connectivity index is 0.00000225. The number of aromatic amines is 1. The van der Waals surface area contributed by atoms with Crippen LogP contribution in [0.4, 0.5) is 0 Å². The third-order valence-corrected chi connectivity index (χ3v) is 4.80. The Morgan fingerprint density at radius 3 is 2.68 bits per heavy atom. The van der Waals surface area contributed by atoms with Gasteiger partial charge in [-0.05, 0) is 31.5 Å². The molecule has 3 rings (SSSR count). The molecule has 0 unspecified atom stereocenters. The van der Waals surface area contributed by atoms with E-state index in [4.69, 9.17) is 14.5 Å². The first-order valence-corrected chi connectivity index (χ1v) is 8.31. The highest BCUT2D eigenvalue weighted by Crippen LogP contribution is 2.33. The molecule has 0 bridgehead atoms. The van der Waals surface area contributed by atoms with Crippen molar-refractivity contribution in [2.75, 3.05) is 14.2 Å². The maximum atomic E-state index is 11.9. The van der Waals surface area contributed by atoms with Gasteiger partial charge >= 0.3 is 5.97 Å². The minimum absolute atomic E-state index is 0. The number of halogens is 1. The first kappa shape index (κ1) is 19.0. The number of benzene rings is 1. The van der Waals surface area contributed by atoms with Crippen molar-refractivity contribution < 1.29 is 14.3 Å². The van der Waals surface area contributed by atoms with Crippen molar-refractivity contribution in [2.45, 2.75) is 13.8 Å². The second-order valence-corrected chi connectivity index (χ2v) is 6.24. The number of methoxy groups -OCH3 is 2. The fourth-order valence-electron chi connectivity index (χ4n) is 2.69. The van der Waals surface area contributed by atoms with Gasteiger partial charge in [-0.3, -0.25) is 0 Å². The molecule has 1 N–H and O–H groups in total. The highest BCUT2D eigenvalue weighted by molar-refractivity contribution is 7.13. The SMILES string of the molecule is COC(=O)c1c(C)[nH]c(-c2csc(-c3cccc(OC)c3)n2)c1C.Cl. The minimum Gasteiger partial charge on any atom is -0.497 e. The smallest absolute Gasteiger partial charge is 0.339 e. The number of carbonyl (C=O) groups excluding carboxylic acids is 1. The molecule has 0 fully saturated rings. The van der Waals surface area contributed by atoms with Crippen molar-refractivity contribution in [2.24, 2.45) is 0 Å². The van der Waals surface area contributed by atoms with E-state index in [1.165, 1.54) is 7.11 Å². The van der Waals surface area contributed by atoms with E-state index in [0.29, 0.717) is 5.56 Å². The van der Waals surface area contributed by atoms with Gasteiger partial charge in [0.25, 0.3) is 0 Å². The van der Waals surface area contributed by atoms with Gasteiger partial charge in [0.15, 0.2) is 0 Å². The van der Waals surface area contributed by atoms with E-state index in [1.54, 1.807) is 18.4 Å². The van der Waals surface area contributed by atoms with Gasteiger partial charge < -0.3 is 14.5 Å². The van der Waals surface area contributed by atoms with Gasteiger partial charge in [-0.1, -0.05) is 12.1 Å².